The van der Waals surface area contributed by atoms with Crippen molar-refractivity contribution < 1.29 is 23.1 Å². The van der Waals surface area contributed by atoms with Gasteiger partial charge in [-0.05, 0) is 30.7 Å². The van der Waals surface area contributed by atoms with Crippen LogP contribution < -0.4 is 9.64 Å². The highest BCUT2D eigenvalue weighted by atomic mass is 32.2. The summed E-state index contributed by atoms with van der Waals surface area (Å²) in [6, 6.07) is 6.52. The molecule has 1 aliphatic rings. The standard InChI is InChI=1S/C15H18N4O5S/c1-18(11-7-8-25(22,23)9-11)14-13(15(20)21)16-19(17-14)10-3-5-12(24-2)6-4-10/h3-6,11H,7-9H2,1-2H3,(H,20,21). The molecular formula is C15H18N4O5S. The highest BCUT2D eigenvalue weighted by Gasteiger charge is 2.34. The number of sulfone groups is 1. The molecule has 134 valence electrons. The average Bonchev–Trinajstić information content (AvgIpc) is 3.18. The number of carbonyl (C=O) groups is 1. The van der Waals surface area contributed by atoms with E-state index in [0.717, 1.165) is 0 Å². The summed E-state index contributed by atoms with van der Waals surface area (Å²) in [6.45, 7) is 0. The lowest BCUT2D eigenvalue weighted by Crippen LogP contribution is -2.34. The monoisotopic (exact) mass is 366 g/mol. The average molecular weight is 366 g/mol. The van der Waals surface area contributed by atoms with Crippen molar-refractivity contribution >= 4 is 21.6 Å². The summed E-state index contributed by atoms with van der Waals surface area (Å²) in [5.41, 5.74) is 0.351. The van der Waals surface area contributed by atoms with Gasteiger partial charge < -0.3 is 14.7 Å². The van der Waals surface area contributed by atoms with E-state index in [1.807, 2.05) is 0 Å². The third-order valence-corrected chi connectivity index (χ3v) is 5.94. The lowest BCUT2D eigenvalue weighted by molar-refractivity contribution is 0.0690. The molecule has 0 spiro atoms. The van der Waals surface area contributed by atoms with E-state index >= 15 is 0 Å². The number of anilines is 1. The molecule has 0 bridgehead atoms. The molecule has 1 atom stereocenters. The van der Waals surface area contributed by atoms with Crippen LogP contribution in [0.3, 0.4) is 0 Å². The summed E-state index contributed by atoms with van der Waals surface area (Å²) < 4.78 is 28.5. The quantitative estimate of drug-likeness (QED) is 0.818. The third kappa shape index (κ3) is 3.43. The molecule has 1 aromatic heterocycles. The molecule has 1 aliphatic heterocycles. The minimum absolute atomic E-state index is 0.0159. The fraction of sp³-hybridized carbons (Fsp3) is 0.400. The lowest BCUT2D eigenvalue weighted by Gasteiger charge is -2.22. The first-order valence-electron chi connectivity index (χ1n) is 7.59. The van der Waals surface area contributed by atoms with Gasteiger partial charge in [-0.3, -0.25) is 0 Å². The van der Waals surface area contributed by atoms with E-state index in [1.165, 1.54) is 4.80 Å². The Bertz CT molecular complexity index is 891. The van der Waals surface area contributed by atoms with Crippen LogP contribution in [0.25, 0.3) is 5.69 Å². The zero-order valence-electron chi connectivity index (χ0n) is 13.8. The van der Waals surface area contributed by atoms with Gasteiger partial charge in [0.25, 0.3) is 0 Å². The normalized spacial score (nSPS) is 18.9. The Hall–Kier alpha value is -2.62. The van der Waals surface area contributed by atoms with E-state index in [-0.39, 0.29) is 29.1 Å². The Labute approximate surface area is 144 Å². The Morgan fingerprint density at radius 1 is 1.32 bits per heavy atom. The van der Waals surface area contributed by atoms with Crippen molar-refractivity contribution in [2.24, 2.45) is 0 Å². The number of rotatable bonds is 5. The van der Waals surface area contributed by atoms with Crippen LogP contribution >= 0.6 is 0 Å². The molecule has 2 heterocycles. The molecular weight excluding hydrogens is 348 g/mol. The SMILES string of the molecule is COc1ccc(-n2nc(C(=O)O)c(N(C)C3CCS(=O)(=O)C3)n2)cc1. The fourth-order valence-electron chi connectivity index (χ4n) is 2.76. The Balaban J connectivity index is 1.95. The number of carboxylic acid groups (broad SMARTS) is 1. The van der Waals surface area contributed by atoms with Gasteiger partial charge >= 0.3 is 5.97 Å². The molecule has 1 saturated heterocycles. The van der Waals surface area contributed by atoms with Gasteiger partial charge in [-0.15, -0.1) is 15.0 Å². The number of aromatic carboxylic acids is 1. The predicted octanol–water partition coefficient (Wildman–Crippen LogP) is 0.597. The van der Waals surface area contributed by atoms with Crippen molar-refractivity contribution in [1.82, 2.24) is 15.0 Å². The molecule has 3 rings (SSSR count). The van der Waals surface area contributed by atoms with E-state index in [1.54, 1.807) is 43.3 Å². The maximum absolute atomic E-state index is 11.7. The van der Waals surface area contributed by atoms with E-state index in [4.69, 9.17) is 4.74 Å². The van der Waals surface area contributed by atoms with Crippen LogP contribution in [0.15, 0.2) is 24.3 Å². The summed E-state index contributed by atoms with van der Waals surface area (Å²) in [5.74, 6) is -0.342. The minimum Gasteiger partial charge on any atom is -0.497 e. The smallest absolute Gasteiger partial charge is 0.360 e. The number of carboxylic acids is 1. The highest BCUT2D eigenvalue weighted by Crippen LogP contribution is 2.25. The first-order valence-corrected chi connectivity index (χ1v) is 9.41. The molecule has 9 nitrogen and oxygen atoms in total. The zero-order chi connectivity index (χ0) is 18.2. The van der Waals surface area contributed by atoms with Gasteiger partial charge in [-0.2, -0.15) is 0 Å². The van der Waals surface area contributed by atoms with E-state index in [9.17, 15) is 18.3 Å². The predicted molar refractivity (Wildman–Crippen MR) is 90.3 cm³/mol. The van der Waals surface area contributed by atoms with Crippen LogP contribution in [-0.2, 0) is 9.84 Å². The van der Waals surface area contributed by atoms with Crippen LogP contribution in [0.1, 0.15) is 16.9 Å². The molecule has 1 N–H and O–H groups in total. The second kappa shape index (κ2) is 6.36. The topological polar surface area (TPSA) is 115 Å². The summed E-state index contributed by atoms with van der Waals surface area (Å²) in [7, 11) is 0.0946. The number of ether oxygens (including phenoxy) is 1. The fourth-order valence-corrected chi connectivity index (χ4v) is 4.53. The maximum Gasteiger partial charge on any atom is 0.360 e. The maximum atomic E-state index is 11.7. The van der Waals surface area contributed by atoms with Crippen LogP contribution in [0.5, 0.6) is 5.75 Å². The van der Waals surface area contributed by atoms with Crippen molar-refractivity contribution in [2.45, 2.75) is 12.5 Å². The number of methoxy groups -OCH3 is 1. The number of nitrogens with zero attached hydrogens (tertiary/aromatic N) is 4. The van der Waals surface area contributed by atoms with Crippen molar-refractivity contribution in [2.75, 3.05) is 30.6 Å². The number of hydrogen-bond acceptors (Lipinski definition) is 7. The number of aromatic nitrogens is 3. The first-order chi connectivity index (χ1) is 11.8. The second-order valence-corrected chi connectivity index (χ2v) is 8.06. The van der Waals surface area contributed by atoms with E-state index < -0.39 is 15.8 Å². The lowest BCUT2D eigenvalue weighted by atomic mass is 10.2. The zero-order valence-corrected chi connectivity index (χ0v) is 14.6. The van der Waals surface area contributed by atoms with Crippen LogP contribution in [0, 0.1) is 0 Å². The molecule has 0 saturated carbocycles. The van der Waals surface area contributed by atoms with Crippen molar-refractivity contribution in [3.63, 3.8) is 0 Å². The Morgan fingerprint density at radius 3 is 2.52 bits per heavy atom. The highest BCUT2D eigenvalue weighted by molar-refractivity contribution is 7.91. The van der Waals surface area contributed by atoms with Crippen LogP contribution in [0.4, 0.5) is 5.82 Å². The van der Waals surface area contributed by atoms with Gasteiger partial charge in [0.2, 0.25) is 5.69 Å². The van der Waals surface area contributed by atoms with Crippen LogP contribution in [0.2, 0.25) is 0 Å². The second-order valence-electron chi connectivity index (χ2n) is 5.83. The van der Waals surface area contributed by atoms with Gasteiger partial charge in [0.1, 0.15) is 5.75 Å². The van der Waals surface area contributed by atoms with Crippen molar-refractivity contribution in [3.8, 4) is 11.4 Å². The van der Waals surface area contributed by atoms with Crippen molar-refractivity contribution in [3.05, 3.63) is 30.0 Å². The molecule has 0 aliphatic carbocycles. The van der Waals surface area contributed by atoms with E-state index in [0.29, 0.717) is 17.9 Å². The summed E-state index contributed by atoms with van der Waals surface area (Å²) in [5, 5.41) is 17.7. The summed E-state index contributed by atoms with van der Waals surface area (Å²) in [6.07, 6.45) is 0.438. The van der Waals surface area contributed by atoms with Gasteiger partial charge in [-0.1, -0.05) is 0 Å². The number of benzene rings is 1. The Morgan fingerprint density at radius 2 is 2.00 bits per heavy atom. The first kappa shape index (κ1) is 17.2. The largest absolute Gasteiger partial charge is 0.497 e. The molecule has 25 heavy (non-hydrogen) atoms. The molecule has 10 heteroatoms. The summed E-state index contributed by atoms with van der Waals surface area (Å²) in [4.78, 5) is 14.3. The molecule has 2 aromatic rings. The van der Waals surface area contributed by atoms with Gasteiger partial charge in [0, 0.05) is 13.1 Å². The molecule has 1 aromatic carbocycles. The Kier molecular flexibility index (Phi) is 4.38. The van der Waals surface area contributed by atoms with Crippen molar-refractivity contribution in [1.29, 1.82) is 0 Å². The minimum atomic E-state index is -3.09. The van der Waals surface area contributed by atoms with Gasteiger partial charge in [0.15, 0.2) is 15.7 Å². The molecule has 1 fully saturated rings. The van der Waals surface area contributed by atoms with Gasteiger partial charge in [0.05, 0.1) is 24.3 Å². The van der Waals surface area contributed by atoms with Crippen LogP contribution in [-0.4, -0.2) is 66.2 Å². The molecule has 0 amide bonds. The number of hydrogen-bond donors (Lipinski definition) is 1. The van der Waals surface area contributed by atoms with Gasteiger partial charge in [-0.25, -0.2) is 13.2 Å². The van der Waals surface area contributed by atoms with E-state index in [2.05, 4.69) is 10.2 Å². The summed E-state index contributed by atoms with van der Waals surface area (Å²) >= 11 is 0. The molecule has 1 unspecified atom stereocenters. The third-order valence-electron chi connectivity index (χ3n) is 4.19. The molecule has 0 radical (unpaired) electrons.